The van der Waals surface area contributed by atoms with Gasteiger partial charge in [0.05, 0.1) is 6.26 Å². The fourth-order valence-corrected chi connectivity index (χ4v) is 2.38. The van der Waals surface area contributed by atoms with Crippen LogP contribution in [0.2, 0.25) is 0 Å². The molecule has 26 heavy (non-hydrogen) atoms. The number of hydrogen-bond donors (Lipinski definition) is 2. The number of carbonyl (C=O) groups is 2. The van der Waals surface area contributed by atoms with Gasteiger partial charge < -0.3 is 20.0 Å². The van der Waals surface area contributed by atoms with E-state index in [1.807, 2.05) is 38.1 Å². The zero-order chi connectivity index (χ0) is 18.9. The third-order valence-electron chi connectivity index (χ3n) is 3.78. The van der Waals surface area contributed by atoms with Crippen LogP contribution in [0.25, 0.3) is 6.08 Å². The van der Waals surface area contributed by atoms with Crippen LogP contribution < -0.4 is 10.6 Å². The van der Waals surface area contributed by atoms with Crippen molar-refractivity contribution in [1.29, 1.82) is 0 Å². The van der Waals surface area contributed by atoms with Crippen LogP contribution in [0, 0.1) is 6.92 Å². The lowest BCUT2D eigenvalue weighted by Crippen LogP contribution is -2.36. The molecule has 0 aliphatic carbocycles. The third-order valence-corrected chi connectivity index (χ3v) is 3.78. The van der Waals surface area contributed by atoms with Crippen LogP contribution in [-0.4, -0.2) is 43.9 Å². The Hall–Kier alpha value is -2.86. The maximum absolute atomic E-state index is 12.6. The molecule has 0 unspecified atom stereocenters. The van der Waals surface area contributed by atoms with Crippen molar-refractivity contribution in [2.75, 3.05) is 27.2 Å². The van der Waals surface area contributed by atoms with Gasteiger partial charge >= 0.3 is 0 Å². The van der Waals surface area contributed by atoms with E-state index in [4.69, 9.17) is 4.42 Å². The van der Waals surface area contributed by atoms with E-state index in [9.17, 15) is 9.59 Å². The number of aryl methyl sites for hydroxylation is 1. The molecular weight excluding hydrogens is 330 g/mol. The van der Waals surface area contributed by atoms with E-state index < -0.39 is 0 Å². The van der Waals surface area contributed by atoms with Crippen molar-refractivity contribution in [2.24, 2.45) is 0 Å². The summed E-state index contributed by atoms with van der Waals surface area (Å²) in [5, 5.41) is 5.53. The molecule has 2 amide bonds. The largest absolute Gasteiger partial charge is 0.465 e. The molecule has 6 nitrogen and oxygen atoms in total. The molecular formula is C20H25N3O3. The zero-order valence-corrected chi connectivity index (χ0v) is 15.4. The predicted molar refractivity (Wildman–Crippen MR) is 102 cm³/mol. The van der Waals surface area contributed by atoms with Crippen molar-refractivity contribution in [2.45, 2.75) is 13.3 Å². The second-order valence-electron chi connectivity index (χ2n) is 6.26. The Labute approximate surface area is 153 Å². The molecule has 2 rings (SSSR count). The lowest BCUT2D eigenvalue weighted by molar-refractivity contribution is -0.117. The summed E-state index contributed by atoms with van der Waals surface area (Å²) in [5.74, 6) is -0.181. The summed E-state index contributed by atoms with van der Waals surface area (Å²) >= 11 is 0. The van der Waals surface area contributed by atoms with Gasteiger partial charge in [-0.2, -0.15) is 0 Å². The summed E-state index contributed by atoms with van der Waals surface area (Å²) in [6.45, 7) is 3.24. The Kier molecular flexibility index (Phi) is 7.17. The number of amides is 2. The first-order valence-electron chi connectivity index (χ1n) is 8.52. The van der Waals surface area contributed by atoms with Gasteiger partial charge in [0.2, 0.25) is 0 Å². The zero-order valence-electron chi connectivity index (χ0n) is 15.4. The number of rotatable bonds is 8. The van der Waals surface area contributed by atoms with Gasteiger partial charge in [0.15, 0.2) is 0 Å². The minimum atomic E-state index is -0.345. The molecule has 2 aromatic rings. The van der Waals surface area contributed by atoms with Crippen LogP contribution >= 0.6 is 0 Å². The molecule has 0 saturated heterocycles. The average molecular weight is 355 g/mol. The fraction of sp³-hybridized carbons (Fsp3) is 0.300. The molecule has 1 aromatic carbocycles. The number of nitrogens with zero attached hydrogens (tertiary/aromatic N) is 1. The van der Waals surface area contributed by atoms with Crippen LogP contribution in [0.15, 0.2) is 52.8 Å². The number of carbonyl (C=O) groups excluding carboxylic acids is 2. The van der Waals surface area contributed by atoms with E-state index in [2.05, 4.69) is 10.6 Å². The van der Waals surface area contributed by atoms with Crippen LogP contribution in [-0.2, 0) is 4.79 Å². The monoisotopic (exact) mass is 355 g/mol. The summed E-state index contributed by atoms with van der Waals surface area (Å²) in [6, 6.07) is 10.7. The molecule has 1 aromatic heterocycles. The molecule has 1 heterocycles. The van der Waals surface area contributed by atoms with Crippen LogP contribution in [0.3, 0.4) is 0 Å². The van der Waals surface area contributed by atoms with Crippen molar-refractivity contribution in [3.05, 3.63) is 65.2 Å². The molecule has 0 aliphatic rings. The van der Waals surface area contributed by atoms with Crippen molar-refractivity contribution >= 4 is 17.9 Å². The third kappa shape index (κ3) is 5.89. The summed E-state index contributed by atoms with van der Waals surface area (Å²) in [6.07, 6.45) is 3.86. The van der Waals surface area contributed by atoms with Crippen LogP contribution in [0.1, 0.15) is 28.1 Å². The molecule has 0 saturated carbocycles. The standard InChI is InChI=1S/C20H25N3O3/c1-15-8-4-5-10-17(15)19(24)22-18(14-16-9-6-13-26-16)20(25)21-11-7-12-23(2)3/h4-6,8-10,13-14H,7,11-12H2,1-3H3,(H,21,25)(H,22,24)/b18-14-. The number of benzene rings is 1. The van der Waals surface area contributed by atoms with Gasteiger partial charge in [-0.05, 0) is 57.7 Å². The lowest BCUT2D eigenvalue weighted by atomic mass is 10.1. The van der Waals surface area contributed by atoms with E-state index in [0.717, 1.165) is 18.5 Å². The highest BCUT2D eigenvalue weighted by Gasteiger charge is 2.16. The summed E-state index contributed by atoms with van der Waals surface area (Å²) in [5.41, 5.74) is 1.52. The molecule has 0 bridgehead atoms. The highest BCUT2D eigenvalue weighted by Crippen LogP contribution is 2.10. The summed E-state index contributed by atoms with van der Waals surface area (Å²) < 4.78 is 5.27. The molecule has 0 aliphatic heterocycles. The Morgan fingerprint density at radius 1 is 1.15 bits per heavy atom. The molecule has 138 valence electrons. The van der Waals surface area contributed by atoms with Gasteiger partial charge in [-0.3, -0.25) is 9.59 Å². The van der Waals surface area contributed by atoms with Crippen LogP contribution in [0.5, 0.6) is 0 Å². The quantitative estimate of drug-likeness (QED) is 0.563. The molecule has 0 spiro atoms. The van der Waals surface area contributed by atoms with E-state index >= 15 is 0 Å². The van der Waals surface area contributed by atoms with E-state index in [1.54, 1.807) is 24.3 Å². The van der Waals surface area contributed by atoms with E-state index in [-0.39, 0.29) is 17.5 Å². The Balaban J connectivity index is 2.10. The minimum absolute atomic E-state index is 0.151. The SMILES string of the molecule is Cc1ccccc1C(=O)N/C(=C\c1ccco1)C(=O)NCCCN(C)C. The van der Waals surface area contributed by atoms with E-state index in [0.29, 0.717) is 17.9 Å². The topological polar surface area (TPSA) is 74.6 Å². The first-order valence-corrected chi connectivity index (χ1v) is 8.52. The Morgan fingerprint density at radius 3 is 2.58 bits per heavy atom. The summed E-state index contributed by atoms with van der Waals surface area (Å²) in [4.78, 5) is 27.1. The Morgan fingerprint density at radius 2 is 1.92 bits per heavy atom. The molecule has 0 radical (unpaired) electrons. The van der Waals surface area contributed by atoms with Gasteiger partial charge in [0.25, 0.3) is 11.8 Å². The van der Waals surface area contributed by atoms with Crippen molar-refractivity contribution in [3.63, 3.8) is 0 Å². The highest BCUT2D eigenvalue weighted by molar-refractivity contribution is 6.05. The van der Waals surface area contributed by atoms with Crippen molar-refractivity contribution < 1.29 is 14.0 Å². The molecule has 0 atom stereocenters. The molecule has 2 N–H and O–H groups in total. The van der Waals surface area contributed by atoms with Gasteiger partial charge in [0, 0.05) is 18.2 Å². The van der Waals surface area contributed by atoms with Gasteiger partial charge in [-0.15, -0.1) is 0 Å². The highest BCUT2D eigenvalue weighted by atomic mass is 16.3. The number of hydrogen-bond acceptors (Lipinski definition) is 4. The summed E-state index contributed by atoms with van der Waals surface area (Å²) in [7, 11) is 3.96. The predicted octanol–water partition coefficient (Wildman–Crippen LogP) is 2.43. The minimum Gasteiger partial charge on any atom is -0.465 e. The van der Waals surface area contributed by atoms with Gasteiger partial charge in [-0.1, -0.05) is 18.2 Å². The van der Waals surface area contributed by atoms with Crippen LogP contribution in [0.4, 0.5) is 0 Å². The van der Waals surface area contributed by atoms with Gasteiger partial charge in [0.1, 0.15) is 11.5 Å². The fourth-order valence-electron chi connectivity index (χ4n) is 2.38. The maximum atomic E-state index is 12.6. The number of furan rings is 1. The van der Waals surface area contributed by atoms with E-state index in [1.165, 1.54) is 12.3 Å². The smallest absolute Gasteiger partial charge is 0.267 e. The Bertz CT molecular complexity index is 764. The lowest BCUT2D eigenvalue weighted by Gasteiger charge is -2.13. The number of nitrogens with one attached hydrogen (secondary N) is 2. The second kappa shape index (κ2) is 9.58. The molecule has 6 heteroatoms. The van der Waals surface area contributed by atoms with Crippen molar-refractivity contribution in [1.82, 2.24) is 15.5 Å². The van der Waals surface area contributed by atoms with Crippen molar-refractivity contribution in [3.8, 4) is 0 Å². The van der Waals surface area contributed by atoms with Gasteiger partial charge in [-0.25, -0.2) is 0 Å². The first-order chi connectivity index (χ1) is 12.5. The second-order valence-corrected chi connectivity index (χ2v) is 6.26. The maximum Gasteiger partial charge on any atom is 0.267 e. The normalized spacial score (nSPS) is 11.5. The molecule has 0 fully saturated rings. The first kappa shape index (κ1) is 19.5. The average Bonchev–Trinajstić information content (AvgIpc) is 3.11.